The molecule has 4 rings (SSSR count). The number of halogens is 1. The molecule has 37 heavy (non-hydrogen) atoms. The monoisotopic (exact) mass is 519 g/mol. The minimum absolute atomic E-state index is 0.0998. The number of benzene rings is 3. The minimum Gasteiger partial charge on any atom is -0.484 e. The molecule has 0 spiro atoms. The number of carbonyl (C=O) groups excluding carboxylic acids is 3. The first-order valence-electron chi connectivity index (χ1n) is 12.3. The zero-order valence-corrected chi connectivity index (χ0v) is 21.7. The number of nitrogens with one attached hydrogen (secondary N) is 2. The summed E-state index contributed by atoms with van der Waals surface area (Å²) in [6.45, 7) is 4.57. The van der Waals surface area contributed by atoms with Gasteiger partial charge in [0.2, 0.25) is 11.8 Å². The second-order valence-electron chi connectivity index (χ2n) is 9.09. The first-order valence-corrected chi connectivity index (χ1v) is 12.6. The van der Waals surface area contributed by atoms with Crippen molar-refractivity contribution in [2.45, 2.75) is 33.2 Å². The van der Waals surface area contributed by atoms with Gasteiger partial charge in [0.15, 0.2) is 6.61 Å². The number of hydrogen-bond acceptors (Lipinski definition) is 4. The maximum absolute atomic E-state index is 12.7. The normalized spacial score (nSPS) is 14.9. The molecule has 0 radical (unpaired) electrons. The van der Waals surface area contributed by atoms with E-state index in [9.17, 15) is 14.4 Å². The van der Waals surface area contributed by atoms with E-state index in [1.165, 1.54) is 5.56 Å². The van der Waals surface area contributed by atoms with E-state index in [1.807, 2.05) is 25.1 Å². The Morgan fingerprint density at radius 1 is 1.03 bits per heavy atom. The van der Waals surface area contributed by atoms with Crippen LogP contribution in [0.2, 0.25) is 5.02 Å². The summed E-state index contributed by atoms with van der Waals surface area (Å²) in [6, 6.07) is 20.3. The zero-order valence-electron chi connectivity index (χ0n) is 20.9. The Balaban J connectivity index is 1.26. The van der Waals surface area contributed by atoms with E-state index in [2.05, 4.69) is 29.7 Å². The van der Waals surface area contributed by atoms with E-state index in [0.717, 1.165) is 17.5 Å². The smallest absolute Gasteiger partial charge is 0.262 e. The average molecular weight is 520 g/mol. The minimum atomic E-state index is -0.405. The van der Waals surface area contributed by atoms with Gasteiger partial charge in [0.25, 0.3) is 5.91 Å². The van der Waals surface area contributed by atoms with Crippen molar-refractivity contribution < 1.29 is 19.1 Å². The fourth-order valence-corrected chi connectivity index (χ4v) is 4.28. The fraction of sp³-hybridized carbons (Fsp3) is 0.276. The molecule has 1 aliphatic heterocycles. The lowest BCUT2D eigenvalue weighted by Gasteiger charge is -2.17. The second-order valence-corrected chi connectivity index (χ2v) is 9.50. The van der Waals surface area contributed by atoms with Crippen LogP contribution in [0.1, 0.15) is 30.0 Å². The maximum Gasteiger partial charge on any atom is 0.262 e. The third-order valence-electron chi connectivity index (χ3n) is 6.37. The summed E-state index contributed by atoms with van der Waals surface area (Å²) >= 11 is 6.09. The average Bonchev–Trinajstić information content (AvgIpc) is 3.30. The molecule has 0 aromatic heterocycles. The van der Waals surface area contributed by atoms with Crippen LogP contribution in [0.4, 0.5) is 11.4 Å². The van der Waals surface area contributed by atoms with Crippen molar-refractivity contribution >= 4 is 40.7 Å². The molecule has 3 aromatic carbocycles. The highest BCUT2D eigenvalue weighted by Crippen LogP contribution is 2.27. The van der Waals surface area contributed by atoms with Crippen LogP contribution in [-0.2, 0) is 27.3 Å². The van der Waals surface area contributed by atoms with Gasteiger partial charge in [-0.1, -0.05) is 48.9 Å². The SMILES string of the molecule is CCc1ccc(CNC(=O)[C@H]2CC(=O)N(c3ccc(OCC(=O)Nc4ccc(C)c(Cl)c4)cc3)C2)cc1. The van der Waals surface area contributed by atoms with E-state index in [0.29, 0.717) is 35.2 Å². The quantitative estimate of drug-likeness (QED) is 0.421. The molecule has 8 heteroatoms. The number of carbonyl (C=O) groups is 3. The van der Waals surface area contributed by atoms with Crippen LogP contribution in [0.15, 0.2) is 66.7 Å². The fourth-order valence-electron chi connectivity index (χ4n) is 4.10. The van der Waals surface area contributed by atoms with E-state index < -0.39 is 5.92 Å². The molecule has 1 atom stereocenters. The second kappa shape index (κ2) is 11.9. The molecular formula is C29H30ClN3O4. The molecule has 7 nitrogen and oxygen atoms in total. The molecule has 1 heterocycles. The van der Waals surface area contributed by atoms with Crippen LogP contribution in [0, 0.1) is 12.8 Å². The summed E-state index contributed by atoms with van der Waals surface area (Å²) in [4.78, 5) is 39.1. The lowest BCUT2D eigenvalue weighted by Crippen LogP contribution is -2.32. The van der Waals surface area contributed by atoms with Crippen molar-refractivity contribution in [3.63, 3.8) is 0 Å². The Kier molecular flexibility index (Phi) is 8.46. The Labute approximate surface area is 221 Å². The van der Waals surface area contributed by atoms with Crippen LogP contribution in [0.5, 0.6) is 5.75 Å². The highest BCUT2D eigenvalue weighted by molar-refractivity contribution is 6.31. The van der Waals surface area contributed by atoms with E-state index in [1.54, 1.807) is 41.3 Å². The van der Waals surface area contributed by atoms with E-state index in [4.69, 9.17) is 16.3 Å². The predicted molar refractivity (Wildman–Crippen MR) is 145 cm³/mol. The Hall–Kier alpha value is -3.84. The Morgan fingerprint density at radius 2 is 1.73 bits per heavy atom. The summed E-state index contributed by atoms with van der Waals surface area (Å²) in [5, 5.41) is 6.27. The predicted octanol–water partition coefficient (Wildman–Crippen LogP) is 4.90. The number of aryl methyl sites for hydroxylation is 2. The molecule has 3 aromatic rings. The van der Waals surface area contributed by atoms with Crippen LogP contribution < -0.4 is 20.3 Å². The largest absolute Gasteiger partial charge is 0.484 e. The van der Waals surface area contributed by atoms with Gasteiger partial charge < -0.3 is 20.3 Å². The lowest BCUT2D eigenvalue weighted by atomic mass is 10.1. The van der Waals surface area contributed by atoms with E-state index >= 15 is 0 Å². The van der Waals surface area contributed by atoms with Gasteiger partial charge in [0.1, 0.15) is 5.75 Å². The summed E-state index contributed by atoms with van der Waals surface area (Å²) in [7, 11) is 0. The van der Waals surface area contributed by atoms with Gasteiger partial charge in [-0.3, -0.25) is 14.4 Å². The van der Waals surface area contributed by atoms with Crippen molar-refractivity contribution in [2.24, 2.45) is 5.92 Å². The van der Waals surface area contributed by atoms with Crippen molar-refractivity contribution in [1.82, 2.24) is 5.32 Å². The van der Waals surface area contributed by atoms with Gasteiger partial charge >= 0.3 is 0 Å². The highest BCUT2D eigenvalue weighted by atomic mass is 35.5. The zero-order chi connectivity index (χ0) is 26.4. The van der Waals surface area contributed by atoms with Gasteiger partial charge in [-0.15, -0.1) is 0 Å². The number of anilines is 2. The molecular weight excluding hydrogens is 490 g/mol. The first kappa shape index (κ1) is 26.2. The van der Waals surface area contributed by atoms with Crippen LogP contribution >= 0.6 is 11.6 Å². The van der Waals surface area contributed by atoms with Gasteiger partial charge in [0, 0.05) is 35.9 Å². The summed E-state index contributed by atoms with van der Waals surface area (Å²) < 4.78 is 5.57. The third-order valence-corrected chi connectivity index (χ3v) is 6.77. The molecule has 1 saturated heterocycles. The topological polar surface area (TPSA) is 87.7 Å². The molecule has 192 valence electrons. The maximum atomic E-state index is 12.7. The molecule has 2 N–H and O–H groups in total. The van der Waals surface area contributed by atoms with Crippen LogP contribution in [0.25, 0.3) is 0 Å². The van der Waals surface area contributed by atoms with Crippen molar-refractivity contribution in [3.05, 3.63) is 88.4 Å². The lowest BCUT2D eigenvalue weighted by molar-refractivity contribution is -0.126. The van der Waals surface area contributed by atoms with Crippen molar-refractivity contribution in [2.75, 3.05) is 23.4 Å². The standard InChI is InChI=1S/C29H30ClN3O4/c1-3-20-5-7-21(8-6-20)16-31-29(36)22-14-28(35)33(17-22)24-10-12-25(13-11-24)37-18-27(34)32-23-9-4-19(2)26(30)15-23/h4-13,15,22H,3,14,16-18H2,1-2H3,(H,31,36)(H,32,34)/t22-/m0/s1. The molecule has 0 unspecified atom stereocenters. The first-order chi connectivity index (χ1) is 17.8. The van der Waals surface area contributed by atoms with Gasteiger partial charge in [-0.25, -0.2) is 0 Å². The van der Waals surface area contributed by atoms with Crippen LogP contribution in [0.3, 0.4) is 0 Å². The number of rotatable bonds is 9. The number of ether oxygens (including phenoxy) is 1. The Bertz CT molecular complexity index is 1280. The Morgan fingerprint density at radius 3 is 2.41 bits per heavy atom. The van der Waals surface area contributed by atoms with Crippen molar-refractivity contribution in [1.29, 1.82) is 0 Å². The molecule has 0 aliphatic carbocycles. The molecule has 3 amide bonds. The molecule has 1 fully saturated rings. The number of amides is 3. The highest BCUT2D eigenvalue weighted by Gasteiger charge is 2.35. The van der Waals surface area contributed by atoms with Gasteiger partial charge in [-0.05, 0) is 66.4 Å². The van der Waals surface area contributed by atoms with Gasteiger partial charge in [-0.2, -0.15) is 0 Å². The van der Waals surface area contributed by atoms with Crippen molar-refractivity contribution in [3.8, 4) is 5.75 Å². The summed E-state index contributed by atoms with van der Waals surface area (Å²) in [5.41, 5.74) is 4.48. The van der Waals surface area contributed by atoms with E-state index in [-0.39, 0.29) is 30.7 Å². The molecule has 1 aliphatic rings. The molecule has 0 saturated carbocycles. The molecule has 0 bridgehead atoms. The number of nitrogens with zero attached hydrogens (tertiary/aromatic N) is 1. The van der Waals surface area contributed by atoms with Gasteiger partial charge in [0.05, 0.1) is 5.92 Å². The number of hydrogen-bond donors (Lipinski definition) is 2. The summed E-state index contributed by atoms with van der Waals surface area (Å²) in [6.07, 6.45) is 1.14. The summed E-state index contributed by atoms with van der Waals surface area (Å²) in [5.74, 6) is -0.449. The van der Waals surface area contributed by atoms with Crippen LogP contribution in [-0.4, -0.2) is 30.9 Å². The third kappa shape index (κ3) is 6.89.